The smallest absolute Gasteiger partial charge is 0.338 e. The molecule has 1 atom stereocenters. The van der Waals surface area contributed by atoms with Gasteiger partial charge in [0.2, 0.25) is 0 Å². The maximum Gasteiger partial charge on any atom is 0.338 e. The Hall–Kier alpha value is -2.70. The Bertz CT molecular complexity index is 804. The number of imide groups is 1. The van der Waals surface area contributed by atoms with Crippen LogP contribution in [0.5, 0.6) is 0 Å². The number of carbonyl (C=O) groups is 4. The zero-order chi connectivity index (χ0) is 20.3. The lowest BCUT2D eigenvalue weighted by molar-refractivity contribution is -0.136. The van der Waals surface area contributed by atoms with Gasteiger partial charge in [-0.3, -0.25) is 19.3 Å². The standard InChI is InChI=1S/C21H26N2O5/c1-3-4-10-23-19(25)16-8-7-15(11-17(16)20(23)26)21(27)28-13-18(24)22-9-5-6-14(2)12-22/h7-8,11,14H,3-6,9-10,12-13H2,1-2H3/t14-/m0/s1. The number of nitrogens with zero attached hydrogens (tertiary/aromatic N) is 2. The summed E-state index contributed by atoms with van der Waals surface area (Å²) >= 11 is 0. The van der Waals surface area contributed by atoms with Crippen LogP contribution >= 0.6 is 0 Å². The van der Waals surface area contributed by atoms with Crippen LogP contribution in [0.25, 0.3) is 0 Å². The fourth-order valence-corrected chi connectivity index (χ4v) is 3.65. The summed E-state index contributed by atoms with van der Waals surface area (Å²) in [6.45, 7) is 5.49. The zero-order valence-electron chi connectivity index (χ0n) is 16.4. The number of benzene rings is 1. The Kier molecular flexibility index (Phi) is 6.11. The first-order valence-corrected chi connectivity index (χ1v) is 9.87. The Balaban J connectivity index is 1.63. The monoisotopic (exact) mass is 386 g/mol. The molecule has 2 heterocycles. The summed E-state index contributed by atoms with van der Waals surface area (Å²) in [5, 5.41) is 0. The van der Waals surface area contributed by atoms with Crippen LogP contribution in [0.1, 0.15) is 70.6 Å². The SMILES string of the molecule is CCCCN1C(=O)c2ccc(C(=O)OCC(=O)N3CCC[C@H](C)C3)cc2C1=O. The molecule has 1 aromatic carbocycles. The van der Waals surface area contributed by atoms with Crippen LogP contribution in [-0.2, 0) is 9.53 Å². The van der Waals surface area contributed by atoms with Gasteiger partial charge in [0.05, 0.1) is 16.7 Å². The van der Waals surface area contributed by atoms with Gasteiger partial charge in [0.15, 0.2) is 6.61 Å². The summed E-state index contributed by atoms with van der Waals surface area (Å²) in [6, 6.07) is 4.33. The van der Waals surface area contributed by atoms with E-state index in [1.165, 1.54) is 23.1 Å². The van der Waals surface area contributed by atoms with E-state index in [0.29, 0.717) is 31.1 Å². The number of unbranched alkanes of at least 4 members (excludes halogenated alkanes) is 1. The van der Waals surface area contributed by atoms with Crippen molar-refractivity contribution in [3.63, 3.8) is 0 Å². The van der Waals surface area contributed by atoms with E-state index >= 15 is 0 Å². The Labute approximate surface area is 164 Å². The molecule has 0 unspecified atom stereocenters. The van der Waals surface area contributed by atoms with Crippen molar-refractivity contribution < 1.29 is 23.9 Å². The molecule has 1 fully saturated rings. The number of rotatable bonds is 6. The highest BCUT2D eigenvalue weighted by atomic mass is 16.5. The molecule has 150 valence electrons. The van der Waals surface area contributed by atoms with Crippen molar-refractivity contribution in [1.29, 1.82) is 0 Å². The minimum Gasteiger partial charge on any atom is -0.452 e. The highest BCUT2D eigenvalue weighted by Gasteiger charge is 2.35. The predicted octanol–water partition coefficient (Wildman–Crippen LogP) is 2.50. The molecule has 28 heavy (non-hydrogen) atoms. The molecule has 2 aliphatic rings. The Morgan fingerprint density at radius 3 is 2.64 bits per heavy atom. The van der Waals surface area contributed by atoms with E-state index in [0.717, 1.165) is 25.7 Å². The number of fused-ring (bicyclic) bond motifs is 1. The third-order valence-electron chi connectivity index (χ3n) is 5.28. The fraction of sp³-hybridized carbons (Fsp3) is 0.524. The second-order valence-corrected chi connectivity index (χ2v) is 7.54. The zero-order valence-corrected chi connectivity index (χ0v) is 16.4. The molecule has 3 amide bonds. The molecule has 0 aliphatic carbocycles. The predicted molar refractivity (Wildman–Crippen MR) is 102 cm³/mol. The highest BCUT2D eigenvalue weighted by Crippen LogP contribution is 2.25. The minimum absolute atomic E-state index is 0.164. The van der Waals surface area contributed by atoms with Crippen LogP contribution < -0.4 is 0 Å². The first kappa shape index (κ1) is 20.0. The summed E-state index contributed by atoms with van der Waals surface area (Å²) in [5.74, 6) is -1.15. The second kappa shape index (κ2) is 8.54. The maximum atomic E-state index is 12.5. The number of amides is 3. The number of hydrogen-bond donors (Lipinski definition) is 0. The van der Waals surface area contributed by atoms with Gasteiger partial charge in [0, 0.05) is 19.6 Å². The van der Waals surface area contributed by atoms with Gasteiger partial charge in [0.1, 0.15) is 0 Å². The summed E-state index contributed by atoms with van der Waals surface area (Å²) in [7, 11) is 0. The van der Waals surface area contributed by atoms with Gasteiger partial charge in [-0.25, -0.2) is 4.79 Å². The van der Waals surface area contributed by atoms with Crippen LogP contribution in [0.4, 0.5) is 0 Å². The molecule has 7 heteroatoms. The lowest BCUT2D eigenvalue weighted by Gasteiger charge is -2.30. The van der Waals surface area contributed by atoms with E-state index in [4.69, 9.17) is 4.74 Å². The van der Waals surface area contributed by atoms with Crippen LogP contribution in [0.15, 0.2) is 18.2 Å². The number of esters is 1. The number of ether oxygens (including phenoxy) is 1. The molecular weight excluding hydrogens is 360 g/mol. The second-order valence-electron chi connectivity index (χ2n) is 7.54. The molecule has 1 saturated heterocycles. The van der Waals surface area contributed by atoms with Crippen LogP contribution in [0, 0.1) is 5.92 Å². The third kappa shape index (κ3) is 4.08. The van der Waals surface area contributed by atoms with Gasteiger partial charge in [-0.05, 0) is 43.4 Å². The molecule has 0 radical (unpaired) electrons. The number of carbonyl (C=O) groups excluding carboxylic acids is 4. The molecule has 2 aliphatic heterocycles. The molecule has 7 nitrogen and oxygen atoms in total. The van der Waals surface area contributed by atoms with E-state index in [-0.39, 0.29) is 35.5 Å². The minimum atomic E-state index is -0.673. The van der Waals surface area contributed by atoms with Crippen LogP contribution in [0.3, 0.4) is 0 Å². The van der Waals surface area contributed by atoms with Gasteiger partial charge in [0.25, 0.3) is 17.7 Å². The average molecular weight is 386 g/mol. The fourth-order valence-electron chi connectivity index (χ4n) is 3.65. The first-order valence-electron chi connectivity index (χ1n) is 9.87. The summed E-state index contributed by atoms with van der Waals surface area (Å²) in [6.07, 6.45) is 3.66. The maximum absolute atomic E-state index is 12.5. The summed E-state index contributed by atoms with van der Waals surface area (Å²) < 4.78 is 5.15. The van der Waals surface area contributed by atoms with Crippen LogP contribution in [-0.4, -0.2) is 59.7 Å². The highest BCUT2D eigenvalue weighted by molar-refractivity contribution is 6.21. The van der Waals surface area contributed by atoms with Crippen molar-refractivity contribution in [2.24, 2.45) is 5.92 Å². The third-order valence-corrected chi connectivity index (χ3v) is 5.28. The van der Waals surface area contributed by atoms with E-state index in [1.807, 2.05) is 6.92 Å². The topological polar surface area (TPSA) is 84.0 Å². The largest absolute Gasteiger partial charge is 0.452 e. The van der Waals surface area contributed by atoms with Crippen molar-refractivity contribution in [3.05, 3.63) is 34.9 Å². The van der Waals surface area contributed by atoms with Gasteiger partial charge >= 0.3 is 5.97 Å². The van der Waals surface area contributed by atoms with Crippen LogP contribution in [0.2, 0.25) is 0 Å². The quantitative estimate of drug-likeness (QED) is 0.554. The number of likely N-dealkylation sites (tertiary alicyclic amines) is 1. The molecule has 0 aromatic heterocycles. The van der Waals surface area contributed by atoms with Gasteiger partial charge in [-0.1, -0.05) is 20.3 Å². The Morgan fingerprint density at radius 2 is 1.93 bits per heavy atom. The molecule has 3 rings (SSSR count). The molecule has 0 saturated carbocycles. The first-order chi connectivity index (χ1) is 13.4. The van der Waals surface area contributed by atoms with Crippen molar-refractivity contribution in [3.8, 4) is 0 Å². The number of hydrogen-bond acceptors (Lipinski definition) is 5. The lowest BCUT2D eigenvalue weighted by Crippen LogP contribution is -2.41. The van der Waals surface area contributed by atoms with Crippen molar-refractivity contribution >= 4 is 23.7 Å². The molecule has 0 bridgehead atoms. The molecule has 0 spiro atoms. The lowest BCUT2D eigenvalue weighted by atomic mass is 10.0. The summed E-state index contributed by atoms with van der Waals surface area (Å²) in [4.78, 5) is 52.3. The van der Waals surface area contributed by atoms with Gasteiger partial charge in [-0.2, -0.15) is 0 Å². The Morgan fingerprint density at radius 1 is 1.18 bits per heavy atom. The van der Waals surface area contributed by atoms with Gasteiger partial charge < -0.3 is 9.64 Å². The van der Waals surface area contributed by atoms with Crippen molar-refractivity contribution in [1.82, 2.24) is 9.80 Å². The van der Waals surface area contributed by atoms with E-state index < -0.39 is 5.97 Å². The molecule has 0 N–H and O–H groups in total. The molecular formula is C21H26N2O5. The van der Waals surface area contributed by atoms with Gasteiger partial charge in [-0.15, -0.1) is 0 Å². The summed E-state index contributed by atoms with van der Waals surface area (Å²) in [5.41, 5.74) is 0.680. The molecule has 1 aromatic rings. The van der Waals surface area contributed by atoms with Crippen molar-refractivity contribution in [2.45, 2.75) is 39.5 Å². The normalized spacial score (nSPS) is 19.0. The number of piperidine rings is 1. The van der Waals surface area contributed by atoms with E-state index in [1.54, 1.807) is 4.90 Å². The van der Waals surface area contributed by atoms with E-state index in [2.05, 4.69) is 6.92 Å². The van der Waals surface area contributed by atoms with E-state index in [9.17, 15) is 19.2 Å². The van der Waals surface area contributed by atoms with Crippen molar-refractivity contribution in [2.75, 3.05) is 26.2 Å². The average Bonchev–Trinajstić information content (AvgIpc) is 2.94.